The van der Waals surface area contributed by atoms with Gasteiger partial charge < -0.3 is 10.1 Å². The zero-order valence-corrected chi connectivity index (χ0v) is 16.2. The third kappa shape index (κ3) is 4.51. The summed E-state index contributed by atoms with van der Waals surface area (Å²) in [6.45, 7) is 5.33. The zero-order chi connectivity index (χ0) is 20.1. The molecule has 1 N–H and O–H groups in total. The number of aromatic nitrogens is 4. The van der Waals surface area contributed by atoms with E-state index in [2.05, 4.69) is 27.3 Å². The molecule has 0 saturated heterocycles. The minimum atomic E-state index is -0.760. The number of carbonyl (C=O) groups is 2. The second-order valence-corrected chi connectivity index (χ2v) is 6.58. The van der Waals surface area contributed by atoms with Crippen molar-refractivity contribution in [3.05, 3.63) is 59.2 Å². The summed E-state index contributed by atoms with van der Waals surface area (Å²) in [5.74, 6) is -0.933. The Morgan fingerprint density at radius 1 is 1.18 bits per heavy atom. The van der Waals surface area contributed by atoms with Crippen molar-refractivity contribution in [2.75, 3.05) is 6.61 Å². The highest BCUT2D eigenvalue weighted by Crippen LogP contribution is 2.17. The molecule has 0 unspecified atom stereocenters. The number of rotatable bonds is 7. The normalized spacial score (nSPS) is 12.0. The molecule has 146 valence electrons. The zero-order valence-electron chi connectivity index (χ0n) is 16.2. The van der Waals surface area contributed by atoms with E-state index >= 15 is 0 Å². The van der Waals surface area contributed by atoms with Gasteiger partial charge in [0.25, 0.3) is 17.5 Å². The standard InChI is InChI=1S/C20H23N5O3/c1-4-8-16(15-9-6-5-7-10-15)22-17(26)12-28-19(27)18-23-20-21-13(2)11-14(3)25(20)24-18/h5-7,9-11,16H,4,8,12H2,1-3H3,(H,22,26)/t16-/m1/s1. The van der Waals surface area contributed by atoms with Crippen LogP contribution >= 0.6 is 0 Å². The van der Waals surface area contributed by atoms with E-state index in [-0.39, 0.29) is 17.8 Å². The maximum Gasteiger partial charge on any atom is 0.378 e. The second-order valence-electron chi connectivity index (χ2n) is 6.58. The van der Waals surface area contributed by atoms with Crippen molar-refractivity contribution >= 4 is 17.7 Å². The number of hydrogen-bond acceptors (Lipinski definition) is 6. The Bertz CT molecular complexity index is 984. The van der Waals surface area contributed by atoms with E-state index in [1.807, 2.05) is 50.2 Å². The monoisotopic (exact) mass is 381 g/mol. The lowest BCUT2D eigenvalue weighted by molar-refractivity contribution is -0.125. The first-order valence-electron chi connectivity index (χ1n) is 9.20. The summed E-state index contributed by atoms with van der Waals surface area (Å²) in [7, 11) is 0. The third-order valence-corrected chi connectivity index (χ3v) is 4.25. The molecule has 1 aromatic carbocycles. The van der Waals surface area contributed by atoms with Crippen molar-refractivity contribution < 1.29 is 14.3 Å². The fourth-order valence-electron chi connectivity index (χ4n) is 2.98. The second kappa shape index (κ2) is 8.60. The Hall–Kier alpha value is -3.29. The Morgan fingerprint density at radius 2 is 1.93 bits per heavy atom. The van der Waals surface area contributed by atoms with E-state index in [1.165, 1.54) is 4.52 Å². The number of nitrogens with one attached hydrogen (secondary N) is 1. The van der Waals surface area contributed by atoms with Gasteiger partial charge in [0, 0.05) is 11.4 Å². The van der Waals surface area contributed by atoms with Gasteiger partial charge >= 0.3 is 5.97 Å². The summed E-state index contributed by atoms with van der Waals surface area (Å²) in [6.07, 6.45) is 1.71. The predicted molar refractivity (Wildman–Crippen MR) is 103 cm³/mol. The van der Waals surface area contributed by atoms with Gasteiger partial charge in [0.1, 0.15) is 0 Å². The number of nitrogens with zero attached hydrogens (tertiary/aromatic N) is 4. The highest BCUT2D eigenvalue weighted by Gasteiger charge is 2.19. The first-order valence-corrected chi connectivity index (χ1v) is 9.20. The Kier molecular flexibility index (Phi) is 5.98. The number of esters is 1. The van der Waals surface area contributed by atoms with Crippen molar-refractivity contribution in [3.63, 3.8) is 0 Å². The summed E-state index contributed by atoms with van der Waals surface area (Å²) in [6, 6.07) is 11.4. The van der Waals surface area contributed by atoms with Crippen molar-refractivity contribution in [2.24, 2.45) is 0 Å². The molecule has 3 aromatic rings. The number of hydrogen-bond donors (Lipinski definition) is 1. The topological polar surface area (TPSA) is 98.5 Å². The molecular formula is C20H23N5O3. The van der Waals surface area contributed by atoms with Crippen molar-refractivity contribution in [3.8, 4) is 0 Å². The van der Waals surface area contributed by atoms with Gasteiger partial charge in [0.05, 0.1) is 6.04 Å². The molecule has 0 aliphatic rings. The number of benzene rings is 1. The summed E-state index contributed by atoms with van der Waals surface area (Å²) in [5, 5.41) is 7.02. The molecule has 8 nitrogen and oxygen atoms in total. The van der Waals surface area contributed by atoms with Crippen LogP contribution in [0.5, 0.6) is 0 Å². The van der Waals surface area contributed by atoms with Crippen LogP contribution in [0.15, 0.2) is 36.4 Å². The Balaban J connectivity index is 1.62. The lowest BCUT2D eigenvalue weighted by atomic mass is 10.0. The number of amides is 1. The van der Waals surface area contributed by atoms with E-state index in [9.17, 15) is 9.59 Å². The molecule has 2 heterocycles. The molecule has 2 aromatic heterocycles. The van der Waals surface area contributed by atoms with Crippen LogP contribution in [0.25, 0.3) is 5.78 Å². The summed E-state index contributed by atoms with van der Waals surface area (Å²) < 4.78 is 6.56. The Morgan fingerprint density at radius 3 is 2.64 bits per heavy atom. The number of aryl methyl sites for hydroxylation is 2. The summed E-state index contributed by atoms with van der Waals surface area (Å²) >= 11 is 0. The molecular weight excluding hydrogens is 358 g/mol. The van der Waals surface area contributed by atoms with Gasteiger partial charge in [-0.1, -0.05) is 43.7 Å². The average molecular weight is 381 g/mol. The average Bonchev–Trinajstić information content (AvgIpc) is 3.11. The molecule has 3 rings (SSSR count). The van der Waals surface area contributed by atoms with E-state index in [0.717, 1.165) is 29.8 Å². The van der Waals surface area contributed by atoms with Gasteiger partial charge in [-0.2, -0.15) is 4.98 Å². The minimum absolute atomic E-state index is 0.123. The number of carbonyl (C=O) groups excluding carboxylic acids is 2. The SMILES string of the molecule is CCC[C@@H](NC(=O)COC(=O)c1nc2nc(C)cc(C)n2n1)c1ccccc1. The molecule has 0 radical (unpaired) electrons. The molecule has 1 atom stereocenters. The van der Waals surface area contributed by atoms with Crippen LogP contribution in [0.1, 0.15) is 53.4 Å². The number of fused-ring (bicyclic) bond motifs is 1. The first kappa shape index (κ1) is 19.5. The van der Waals surface area contributed by atoms with Crippen LogP contribution in [0.2, 0.25) is 0 Å². The van der Waals surface area contributed by atoms with Gasteiger partial charge in [-0.15, -0.1) is 5.10 Å². The van der Waals surface area contributed by atoms with Gasteiger partial charge in [-0.25, -0.2) is 14.3 Å². The molecule has 28 heavy (non-hydrogen) atoms. The van der Waals surface area contributed by atoms with Crippen LogP contribution in [0.3, 0.4) is 0 Å². The first-order chi connectivity index (χ1) is 13.5. The van der Waals surface area contributed by atoms with Gasteiger partial charge in [-0.05, 0) is 31.9 Å². The summed E-state index contributed by atoms with van der Waals surface area (Å²) in [5.41, 5.74) is 2.60. The minimum Gasteiger partial charge on any atom is -0.450 e. The number of ether oxygens (including phenoxy) is 1. The highest BCUT2D eigenvalue weighted by atomic mass is 16.5. The van der Waals surface area contributed by atoms with E-state index in [1.54, 1.807) is 0 Å². The van der Waals surface area contributed by atoms with Crippen LogP contribution in [-0.4, -0.2) is 38.1 Å². The fourth-order valence-corrected chi connectivity index (χ4v) is 2.98. The van der Waals surface area contributed by atoms with E-state index < -0.39 is 12.6 Å². The van der Waals surface area contributed by atoms with Gasteiger partial charge in [0.15, 0.2) is 6.61 Å². The van der Waals surface area contributed by atoms with Crippen LogP contribution < -0.4 is 5.32 Å². The Labute approximate surface area is 163 Å². The maximum absolute atomic E-state index is 12.3. The maximum atomic E-state index is 12.3. The molecule has 0 aliphatic carbocycles. The molecule has 0 saturated carbocycles. The quantitative estimate of drug-likeness (QED) is 0.632. The van der Waals surface area contributed by atoms with Crippen LogP contribution in [-0.2, 0) is 9.53 Å². The lowest BCUT2D eigenvalue weighted by Gasteiger charge is -2.18. The van der Waals surface area contributed by atoms with Crippen LogP contribution in [0, 0.1) is 13.8 Å². The molecule has 0 bridgehead atoms. The molecule has 0 fully saturated rings. The van der Waals surface area contributed by atoms with Gasteiger partial charge in [0.2, 0.25) is 0 Å². The molecule has 0 spiro atoms. The molecule has 0 aliphatic heterocycles. The molecule has 1 amide bonds. The predicted octanol–water partition coefficient (Wildman–Crippen LogP) is 2.56. The van der Waals surface area contributed by atoms with E-state index in [4.69, 9.17) is 4.74 Å². The van der Waals surface area contributed by atoms with Crippen LogP contribution in [0.4, 0.5) is 0 Å². The van der Waals surface area contributed by atoms with E-state index in [0.29, 0.717) is 5.78 Å². The summed E-state index contributed by atoms with van der Waals surface area (Å²) in [4.78, 5) is 32.8. The largest absolute Gasteiger partial charge is 0.450 e. The smallest absolute Gasteiger partial charge is 0.378 e. The lowest BCUT2D eigenvalue weighted by Crippen LogP contribution is -2.32. The highest BCUT2D eigenvalue weighted by molar-refractivity contribution is 5.88. The molecule has 8 heteroatoms. The van der Waals surface area contributed by atoms with Crippen molar-refractivity contribution in [1.82, 2.24) is 24.9 Å². The third-order valence-electron chi connectivity index (χ3n) is 4.25. The fraction of sp³-hybridized carbons (Fsp3) is 0.350. The van der Waals surface area contributed by atoms with Crippen molar-refractivity contribution in [2.45, 2.75) is 39.7 Å². The van der Waals surface area contributed by atoms with Gasteiger partial charge in [-0.3, -0.25) is 4.79 Å². The van der Waals surface area contributed by atoms with Crippen molar-refractivity contribution in [1.29, 1.82) is 0 Å².